The van der Waals surface area contributed by atoms with Crippen molar-refractivity contribution in [3.8, 4) is 11.1 Å². The number of hydrogen-bond acceptors (Lipinski definition) is 4. The van der Waals surface area contributed by atoms with E-state index in [1.54, 1.807) is 11.3 Å². The summed E-state index contributed by atoms with van der Waals surface area (Å²) < 4.78 is 1.22. The second-order valence-electron chi connectivity index (χ2n) is 7.13. The zero-order valence-electron chi connectivity index (χ0n) is 14.1. The van der Waals surface area contributed by atoms with E-state index in [0.29, 0.717) is 0 Å². The lowest BCUT2D eigenvalue weighted by atomic mass is 9.76. The van der Waals surface area contributed by atoms with Gasteiger partial charge in [0.1, 0.15) is 0 Å². The van der Waals surface area contributed by atoms with Crippen LogP contribution in [-0.4, -0.2) is 24.0 Å². The summed E-state index contributed by atoms with van der Waals surface area (Å²) in [6, 6.07) is 12.8. The van der Waals surface area contributed by atoms with Gasteiger partial charge in [-0.15, -0.1) is 11.3 Å². The van der Waals surface area contributed by atoms with Gasteiger partial charge in [-0.2, -0.15) is 0 Å². The number of aryl methyl sites for hydroxylation is 1. The van der Waals surface area contributed by atoms with Gasteiger partial charge in [-0.05, 0) is 67.3 Å². The third-order valence-corrected chi connectivity index (χ3v) is 6.39. The maximum atomic E-state index is 12.5. The van der Waals surface area contributed by atoms with E-state index in [1.807, 2.05) is 13.0 Å². The topological polar surface area (TPSA) is 54.0 Å². The Morgan fingerprint density at radius 3 is 2.84 bits per heavy atom. The van der Waals surface area contributed by atoms with Crippen molar-refractivity contribution in [3.05, 3.63) is 47.0 Å². The van der Waals surface area contributed by atoms with E-state index in [0.717, 1.165) is 42.1 Å². The highest BCUT2D eigenvalue weighted by atomic mass is 32.1. The van der Waals surface area contributed by atoms with Crippen LogP contribution < -0.4 is 10.6 Å². The number of thiazole rings is 1. The average Bonchev–Trinajstić information content (AvgIpc) is 3.21. The summed E-state index contributed by atoms with van der Waals surface area (Å²) in [6.45, 7) is 3.73. The van der Waals surface area contributed by atoms with Crippen LogP contribution in [0, 0.1) is 12.3 Å². The standard InChI is InChI=1S/C20H19N3OS/c1-12-22-17-9-14(3-5-18(17)25-12)13-2-4-16-15(8-13)10-20(19(24)23-16)6-7-21-11-20/h2-5,8-9,21H,6-7,10-11H2,1H3,(H,23,24). The van der Waals surface area contributed by atoms with E-state index < -0.39 is 0 Å². The van der Waals surface area contributed by atoms with Gasteiger partial charge in [-0.1, -0.05) is 12.1 Å². The minimum atomic E-state index is -0.276. The van der Waals surface area contributed by atoms with Crippen molar-refractivity contribution >= 4 is 33.1 Å². The quantitative estimate of drug-likeness (QED) is 0.703. The number of nitrogens with one attached hydrogen (secondary N) is 2. The van der Waals surface area contributed by atoms with E-state index in [9.17, 15) is 4.79 Å². The van der Waals surface area contributed by atoms with Crippen LogP contribution in [0.4, 0.5) is 5.69 Å². The van der Waals surface area contributed by atoms with Crippen LogP contribution in [0.15, 0.2) is 36.4 Å². The summed E-state index contributed by atoms with van der Waals surface area (Å²) in [7, 11) is 0. The molecule has 0 radical (unpaired) electrons. The minimum absolute atomic E-state index is 0.164. The molecule has 1 fully saturated rings. The molecule has 2 aliphatic heterocycles. The van der Waals surface area contributed by atoms with Gasteiger partial charge < -0.3 is 10.6 Å². The predicted octanol–water partition coefficient (Wildman–Crippen LogP) is 3.75. The van der Waals surface area contributed by atoms with Gasteiger partial charge in [-0.3, -0.25) is 4.79 Å². The van der Waals surface area contributed by atoms with Crippen LogP contribution in [0.1, 0.15) is 17.0 Å². The Morgan fingerprint density at radius 1 is 1.16 bits per heavy atom. The first kappa shape index (κ1) is 15.0. The van der Waals surface area contributed by atoms with Crippen molar-refractivity contribution < 1.29 is 4.79 Å². The van der Waals surface area contributed by atoms with Gasteiger partial charge in [0.05, 0.1) is 20.6 Å². The van der Waals surface area contributed by atoms with Crippen LogP contribution in [0.2, 0.25) is 0 Å². The Balaban J connectivity index is 1.56. The Kier molecular flexibility index (Phi) is 3.24. The molecule has 0 saturated carbocycles. The van der Waals surface area contributed by atoms with Crippen molar-refractivity contribution in [2.24, 2.45) is 5.41 Å². The maximum absolute atomic E-state index is 12.5. The summed E-state index contributed by atoms with van der Waals surface area (Å²) in [5, 5.41) is 7.55. The van der Waals surface area contributed by atoms with Gasteiger partial charge in [-0.25, -0.2) is 4.98 Å². The Hall–Kier alpha value is -2.24. The molecular weight excluding hydrogens is 330 g/mol. The Labute approximate surface area is 150 Å². The SMILES string of the molecule is Cc1nc2cc(-c3ccc4c(c3)CC3(CCNC3)C(=O)N4)ccc2s1. The summed E-state index contributed by atoms with van der Waals surface area (Å²) in [4.78, 5) is 17.1. The van der Waals surface area contributed by atoms with Gasteiger partial charge in [0.25, 0.3) is 0 Å². The molecule has 1 saturated heterocycles. The van der Waals surface area contributed by atoms with Crippen molar-refractivity contribution in [3.63, 3.8) is 0 Å². The number of rotatable bonds is 1. The molecule has 1 spiro atoms. The summed E-state index contributed by atoms with van der Waals surface area (Å²) in [5.41, 5.74) is 5.33. The first-order valence-corrected chi connectivity index (χ1v) is 9.47. The number of amides is 1. The van der Waals surface area contributed by atoms with Crippen LogP contribution >= 0.6 is 11.3 Å². The molecule has 2 N–H and O–H groups in total. The van der Waals surface area contributed by atoms with Gasteiger partial charge >= 0.3 is 0 Å². The fraction of sp³-hybridized carbons (Fsp3) is 0.300. The molecule has 3 aromatic rings. The number of hydrogen-bond donors (Lipinski definition) is 2. The molecule has 5 heteroatoms. The number of anilines is 1. The van der Waals surface area contributed by atoms with Gasteiger partial charge in [0.15, 0.2) is 0 Å². The Bertz CT molecular complexity index is 1000. The number of carbonyl (C=O) groups excluding carboxylic acids is 1. The minimum Gasteiger partial charge on any atom is -0.325 e. The highest BCUT2D eigenvalue weighted by Gasteiger charge is 2.44. The van der Waals surface area contributed by atoms with Gasteiger partial charge in [0.2, 0.25) is 5.91 Å². The highest BCUT2D eigenvalue weighted by molar-refractivity contribution is 7.18. The second kappa shape index (κ2) is 5.38. The summed E-state index contributed by atoms with van der Waals surface area (Å²) in [6.07, 6.45) is 1.72. The smallest absolute Gasteiger partial charge is 0.232 e. The summed E-state index contributed by atoms with van der Waals surface area (Å²) in [5.74, 6) is 0.164. The second-order valence-corrected chi connectivity index (χ2v) is 8.36. The average molecular weight is 349 g/mol. The number of carbonyl (C=O) groups is 1. The van der Waals surface area contributed by atoms with Crippen molar-refractivity contribution in [2.75, 3.05) is 18.4 Å². The third kappa shape index (κ3) is 2.38. The molecule has 2 aromatic carbocycles. The van der Waals surface area contributed by atoms with E-state index in [1.165, 1.54) is 21.4 Å². The molecule has 2 aliphatic rings. The molecule has 1 aromatic heterocycles. The van der Waals surface area contributed by atoms with Crippen molar-refractivity contribution in [1.29, 1.82) is 0 Å². The van der Waals surface area contributed by atoms with Crippen molar-refractivity contribution in [1.82, 2.24) is 10.3 Å². The molecule has 1 amide bonds. The lowest BCUT2D eigenvalue weighted by molar-refractivity contribution is -0.125. The maximum Gasteiger partial charge on any atom is 0.232 e. The normalized spacial score (nSPS) is 22.4. The molecule has 5 rings (SSSR count). The molecule has 1 unspecified atom stereocenters. The van der Waals surface area contributed by atoms with Crippen LogP contribution in [0.3, 0.4) is 0 Å². The van der Waals surface area contributed by atoms with Crippen molar-refractivity contribution in [2.45, 2.75) is 19.8 Å². The third-order valence-electron chi connectivity index (χ3n) is 5.44. The van der Waals surface area contributed by atoms with Crippen LogP contribution in [0.5, 0.6) is 0 Å². The number of benzene rings is 2. The molecule has 3 heterocycles. The molecule has 4 nitrogen and oxygen atoms in total. The molecule has 1 atom stereocenters. The van der Waals surface area contributed by atoms with Crippen LogP contribution in [0.25, 0.3) is 21.3 Å². The lowest BCUT2D eigenvalue weighted by Gasteiger charge is -2.33. The van der Waals surface area contributed by atoms with Gasteiger partial charge in [0, 0.05) is 12.2 Å². The van der Waals surface area contributed by atoms with E-state index in [-0.39, 0.29) is 11.3 Å². The fourth-order valence-electron chi connectivity index (χ4n) is 4.05. The molecular formula is C20H19N3OS. The van der Waals surface area contributed by atoms with E-state index in [2.05, 4.69) is 45.9 Å². The zero-order valence-corrected chi connectivity index (χ0v) is 14.9. The van der Waals surface area contributed by atoms with E-state index in [4.69, 9.17) is 0 Å². The van der Waals surface area contributed by atoms with Crippen LogP contribution in [-0.2, 0) is 11.2 Å². The first-order valence-electron chi connectivity index (χ1n) is 8.66. The largest absolute Gasteiger partial charge is 0.325 e. The first-order chi connectivity index (χ1) is 12.1. The zero-order chi connectivity index (χ0) is 17.0. The number of aromatic nitrogens is 1. The lowest BCUT2D eigenvalue weighted by Crippen LogP contribution is -2.43. The summed E-state index contributed by atoms with van der Waals surface area (Å²) >= 11 is 1.73. The molecule has 0 aliphatic carbocycles. The van der Waals surface area contributed by atoms with E-state index >= 15 is 0 Å². The number of fused-ring (bicyclic) bond motifs is 2. The fourth-order valence-corrected chi connectivity index (χ4v) is 4.86. The predicted molar refractivity (Wildman–Crippen MR) is 102 cm³/mol. The number of nitrogens with zero attached hydrogens (tertiary/aromatic N) is 1. The molecule has 126 valence electrons. The Morgan fingerprint density at radius 2 is 2.00 bits per heavy atom. The molecule has 0 bridgehead atoms. The monoisotopic (exact) mass is 349 g/mol. The highest BCUT2D eigenvalue weighted by Crippen LogP contribution is 2.40. The molecule has 25 heavy (non-hydrogen) atoms.